The molecule has 4 rings (SSSR count). The molecule has 0 heterocycles. The van der Waals surface area contributed by atoms with Crippen molar-refractivity contribution in [2.45, 2.75) is 42.8 Å². The Morgan fingerprint density at radius 2 is 1.81 bits per heavy atom. The number of carbonyl (C=O) groups excluding carboxylic acids is 3. The Morgan fingerprint density at radius 3 is 2.39 bits per heavy atom. The molecular formula is C20H23ClN2O8. The standard InChI is InChI=1S/C20H23ClN2O8/c1-19(30)5-4-6-13(22)15(26)11(18(23)29)17(28)20(6,31)16(27)9(5)14(25)10-8(24)3-2-7(21)12(10)19/h2-3,5-6,9,11,13,15-16,24,26-27,30-31H,4,22H2,1H3,(H2,23,29)/t5-,6-,9?,11?,13-,15?,16?,19-,20-/m0/s1. The molecule has 3 aliphatic rings. The van der Waals surface area contributed by atoms with Crippen molar-refractivity contribution in [3.05, 3.63) is 28.3 Å². The molecule has 1 aromatic carbocycles. The second-order valence-electron chi connectivity index (χ2n) is 8.89. The molecule has 10 nitrogen and oxygen atoms in total. The second-order valence-corrected chi connectivity index (χ2v) is 9.29. The number of hydrogen-bond donors (Lipinski definition) is 7. The van der Waals surface area contributed by atoms with E-state index in [1.807, 2.05) is 0 Å². The van der Waals surface area contributed by atoms with Crippen LogP contribution in [0, 0.1) is 23.7 Å². The van der Waals surface area contributed by atoms with Gasteiger partial charge in [-0.2, -0.15) is 0 Å². The Balaban J connectivity index is 1.92. The summed E-state index contributed by atoms with van der Waals surface area (Å²) in [5.74, 6) is -9.54. The van der Waals surface area contributed by atoms with Crippen LogP contribution in [-0.2, 0) is 15.2 Å². The molecule has 9 N–H and O–H groups in total. The number of aliphatic hydroxyl groups is 4. The second kappa shape index (κ2) is 6.71. The van der Waals surface area contributed by atoms with E-state index in [0.29, 0.717) is 0 Å². The van der Waals surface area contributed by atoms with Crippen LogP contribution in [0.25, 0.3) is 0 Å². The maximum atomic E-state index is 13.3. The predicted octanol–water partition coefficient (Wildman–Crippen LogP) is -1.83. The zero-order chi connectivity index (χ0) is 23.2. The van der Waals surface area contributed by atoms with Gasteiger partial charge in [-0.1, -0.05) is 11.6 Å². The van der Waals surface area contributed by atoms with Crippen molar-refractivity contribution in [1.29, 1.82) is 0 Å². The monoisotopic (exact) mass is 454 g/mol. The first-order chi connectivity index (χ1) is 14.3. The third kappa shape index (κ3) is 2.60. The van der Waals surface area contributed by atoms with Gasteiger partial charge >= 0.3 is 0 Å². The van der Waals surface area contributed by atoms with Gasteiger partial charge in [0.05, 0.1) is 23.2 Å². The molecule has 0 bridgehead atoms. The van der Waals surface area contributed by atoms with E-state index in [1.165, 1.54) is 13.0 Å². The lowest BCUT2D eigenvalue weighted by Gasteiger charge is -2.58. The highest BCUT2D eigenvalue weighted by Gasteiger charge is 2.70. The van der Waals surface area contributed by atoms with Crippen LogP contribution in [0.1, 0.15) is 29.3 Å². The molecule has 4 unspecified atom stereocenters. The first-order valence-corrected chi connectivity index (χ1v) is 10.1. The summed E-state index contributed by atoms with van der Waals surface area (Å²) in [7, 11) is 0. The van der Waals surface area contributed by atoms with Gasteiger partial charge in [0.1, 0.15) is 17.8 Å². The topological polar surface area (TPSA) is 204 Å². The van der Waals surface area contributed by atoms with Crippen molar-refractivity contribution in [3.8, 4) is 5.75 Å². The number of ketones is 2. The van der Waals surface area contributed by atoms with Crippen LogP contribution in [0.3, 0.4) is 0 Å². The van der Waals surface area contributed by atoms with E-state index >= 15 is 0 Å². The Labute approximate surface area is 181 Å². The van der Waals surface area contributed by atoms with Crippen LogP contribution in [-0.4, -0.2) is 66.9 Å². The van der Waals surface area contributed by atoms with Gasteiger partial charge < -0.3 is 37.0 Å². The zero-order valence-electron chi connectivity index (χ0n) is 16.4. The summed E-state index contributed by atoms with van der Waals surface area (Å²) in [4.78, 5) is 38.1. The minimum atomic E-state index is -2.67. The summed E-state index contributed by atoms with van der Waals surface area (Å²) in [5, 5.41) is 54.5. The summed E-state index contributed by atoms with van der Waals surface area (Å²) < 4.78 is 0. The molecule has 2 fully saturated rings. The fourth-order valence-electron chi connectivity index (χ4n) is 5.82. The van der Waals surface area contributed by atoms with Crippen LogP contribution in [0.4, 0.5) is 0 Å². The summed E-state index contributed by atoms with van der Waals surface area (Å²) in [6, 6.07) is 1.11. The SMILES string of the molecule is C[C@@]1(O)c2c(Cl)ccc(O)c2C(=O)C2C(O)[C@]3(O)C(=O)C(C(N)=O)C(O)[C@@H](N)[C@@H]3C[C@@H]21. The molecule has 0 aromatic heterocycles. The minimum absolute atomic E-state index is 0.0118. The smallest absolute Gasteiger partial charge is 0.230 e. The van der Waals surface area contributed by atoms with E-state index in [2.05, 4.69) is 0 Å². The average molecular weight is 455 g/mol. The first-order valence-electron chi connectivity index (χ1n) is 9.74. The number of phenols is 1. The number of Topliss-reactive ketones (excluding diaryl/α,β-unsaturated/α-hetero) is 2. The van der Waals surface area contributed by atoms with Crippen molar-refractivity contribution in [2.24, 2.45) is 35.1 Å². The van der Waals surface area contributed by atoms with E-state index in [9.17, 15) is 39.9 Å². The normalized spacial score (nSPS) is 44.3. The average Bonchev–Trinajstić information content (AvgIpc) is 2.67. The van der Waals surface area contributed by atoms with Gasteiger partial charge in [0.15, 0.2) is 17.2 Å². The maximum absolute atomic E-state index is 13.3. The Bertz CT molecular complexity index is 1010. The number of nitrogens with two attached hydrogens (primary N) is 2. The molecule has 9 atom stereocenters. The molecule has 0 radical (unpaired) electrons. The lowest BCUT2D eigenvalue weighted by molar-refractivity contribution is -0.221. The van der Waals surface area contributed by atoms with Gasteiger partial charge in [-0.3, -0.25) is 14.4 Å². The third-order valence-electron chi connectivity index (χ3n) is 7.39. The third-order valence-corrected chi connectivity index (χ3v) is 7.71. The number of aromatic hydroxyl groups is 1. The van der Waals surface area contributed by atoms with Gasteiger partial charge in [0, 0.05) is 28.5 Å². The molecule has 2 saturated carbocycles. The Morgan fingerprint density at radius 1 is 1.19 bits per heavy atom. The fraction of sp³-hybridized carbons (Fsp3) is 0.550. The van der Waals surface area contributed by atoms with E-state index in [4.69, 9.17) is 23.1 Å². The van der Waals surface area contributed by atoms with E-state index in [0.717, 1.165) is 6.07 Å². The van der Waals surface area contributed by atoms with Crippen LogP contribution < -0.4 is 11.5 Å². The lowest BCUT2D eigenvalue weighted by Crippen LogP contribution is -2.76. The fourth-order valence-corrected chi connectivity index (χ4v) is 6.17. The Kier molecular flexibility index (Phi) is 4.79. The van der Waals surface area contributed by atoms with Crippen LogP contribution >= 0.6 is 11.6 Å². The van der Waals surface area contributed by atoms with Crippen LogP contribution in [0.15, 0.2) is 12.1 Å². The molecule has 0 spiro atoms. The highest BCUT2D eigenvalue weighted by Crippen LogP contribution is 2.57. The number of phenolic OH excluding ortho intramolecular Hbond substituents is 1. The largest absolute Gasteiger partial charge is 0.507 e. The number of fused-ring (bicyclic) bond motifs is 3. The van der Waals surface area contributed by atoms with Crippen molar-refractivity contribution in [3.63, 3.8) is 0 Å². The van der Waals surface area contributed by atoms with Gasteiger partial charge in [-0.05, 0) is 25.5 Å². The molecular weight excluding hydrogens is 432 g/mol. The zero-order valence-corrected chi connectivity index (χ0v) is 17.2. The van der Waals surface area contributed by atoms with E-state index in [-0.39, 0.29) is 22.6 Å². The number of rotatable bonds is 1. The molecule has 0 aliphatic heterocycles. The van der Waals surface area contributed by atoms with Crippen molar-refractivity contribution in [1.82, 2.24) is 0 Å². The number of carbonyl (C=O) groups is 3. The summed E-state index contributed by atoms with van der Waals surface area (Å²) in [5.41, 5.74) is 6.38. The number of halogens is 1. The highest BCUT2D eigenvalue weighted by atomic mass is 35.5. The van der Waals surface area contributed by atoms with E-state index < -0.39 is 76.3 Å². The summed E-state index contributed by atoms with van der Waals surface area (Å²) in [6.07, 6.45) is -4.06. The van der Waals surface area contributed by atoms with Crippen LogP contribution in [0.5, 0.6) is 5.75 Å². The number of hydrogen-bond acceptors (Lipinski definition) is 9. The Hall–Kier alpha value is -2.08. The highest BCUT2D eigenvalue weighted by molar-refractivity contribution is 6.32. The molecule has 3 aliphatic carbocycles. The van der Waals surface area contributed by atoms with Gasteiger partial charge in [0.25, 0.3) is 0 Å². The summed E-state index contributed by atoms with van der Waals surface area (Å²) >= 11 is 6.22. The van der Waals surface area contributed by atoms with E-state index in [1.54, 1.807) is 0 Å². The lowest BCUT2D eigenvalue weighted by atomic mass is 9.49. The molecule has 31 heavy (non-hydrogen) atoms. The van der Waals surface area contributed by atoms with Crippen molar-refractivity contribution in [2.75, 3.05) is 0 Å². The predicted molar refractivity (Wildman–Crippen MR) is 105 cm³/mol. The molecule has 1 aromatic rings. The quantitative estimate of drug-likeness (QED) is 0.238. The van der Waals surface area contributed by atoms with Gasteiger partial charge in [-0.15, -0.1) is 0 Å². The van der Waals surface area contributed by atoms with Gasteiger partial charge in [-0.25, -0.2) is 0 Å². The van der Waals surface area contributed by atoms with Crippen molar-refractivity contribution >= 4 is 29.1 Å². The molecule has 0 saturated heterocycles. The summed E-state index contributed by atoms with van der Waals surface area (Å²) in [6.45, 7) is 1.34. The first kappa shape index (κ1) is 22.1. The molecule has 1 amide bonds. The van der Waals surface area contributed by atoms with Crippen molar-refractivity contribution < 1.29 is 39.9 Å². The number of benzene rings is 1. The molecule has 11 heteroatoms. The minimum Gasteiger partial charge on any atom is -0.507 e. The number of aliphatic hydroxyl groups excluding tert-OH is 2. The molecule has 168 valence electrons. The number of primary amides is 1. The number of amides is 1. The maximum Gasteiger partial charge on any atom is 0.230 e. The van der Waals surface area contributed by atoms with Gasteiger partial charge in [0.2, 0.25) is 5.91 Å². The van der Waals surface area contributed by atoms with Crippen LogP contribution in [0.2, 0.25) is 5.02 Å².